The van der Waals surface area contributed by atoms with Crippen LogP contribution >= 0.6 is 0 Å². The number of hydrogen-bond acceptors (Lipinski definition) is 3. The molecule has 1 N–H and O–H groups in total. The van der Waals surface area contributed by atoms with Crippen molar-refractivity contribution < 1.29 is 13.2 Å². The van der Waals surface area contributed by atoms with E-state index in [1.165, 1.54) is 6.92 Å². The van der Waals surface area contributed by atoms with E-state index in [4.69, 9.17) is 0 Å². The second-order valence-corrected chi connectivity index (χ2v) is 2.54. The fourth-order valence-electron chi connectivity index (χ4n) is 0.227. The molecule has 0 radical (unpaired) electrons. The quantitative estimate of drug-likeness (QED) is 0.404. The first kappa shape index (κ1) is 7.98. The van der Waals surface area contributed by atoms with Crippen LogP contribution in [-0.2, 0) is 14.8 Å². The molecule has 0 aromatic carbocycles. The Hall–Kier alpha value is -1.02. The molecule has 50 valence electrons. The van der Waals surface area contributed by atoms with Gasteiger partial charge < -0.3 is 0 Å². The van der Waals surface area contributed by atoms with Gasteiger partial charge in [-0.15, -0.1) is 0 Å². The van der Waals surface area contributed by atoms with E-state index in [2.05, 4.69) is 5.92 Å². The predicted molar refractivity (Wildman–Crippen MR) is 31.6 cm³/mol. The lowest BCUT2D eigenvalue weighted by Crippen LogP contribution is -2.18. The number of amides is 1. The van der Waals surface area contributed by atoms with Crippen LogP contribution in [0.1, 0.15) is 6.92 Å². The highest BCUT2D eigenvalue weighted by molar-refractivity contribution is 7.94. The molecule has 0 aliphatic carbocycles. The first-order chi connectivity index (χ1) is 4.12. The zero-order chi connectivity index (χ0) is 7.33. The number of sulfonamides is 1. The summed E-state index contributed by atoms with van der Waals surface area (Å²) in [6.45, 7) is 1.37. The Balaban J connectivity index is 4.35. The monoisotopic (exact) mass is 147 g/mol. The molecule has 0 aromatic rings. The zero-order valence-electron chi connectivity index (χ0n) is 4.71. The fourth-order valence-corrected chi connectivity index (χ4v) is 0.682. The molecule has 5 heteroatoms. The smallest absolute Gasteiger partial charge is 0.278 e. The minimum atomic E-state index is -3.66. The van der Waals surface area contributed by atoms with Crippen LogP contribution in [0, 0.1) is 11.2 Å². The molecule has 0 aromatic heterocycles. The van der Waals surface area contributed by atoms with Gasteiger partial charge in [-0.25, -0.2) is 4.72 Å². The van der Waals surface area contributed by atoms with Crippen LogP contribution in [0.5, 0.6) is 0 Å². The molecular formula is C4H5NO3S. The Morgan fingerprint density at radius 1 is 1.56 bits per heavy atom. The van der Waals surface area contributed by atoms with Gasteiger partial charge in [-0.1, -0.05) is 5.92 Å². The van der Waals surface area contributed by atoms with E-state index in [0.29, 0.717) is 0 Å². The van der Waals surface area contributed by atoms with Gasteiger partial charge in [0.2, 0.25) is 6.41 Å². The summed E-state index contributed by atoms with van der Waals surface area (Å²) in [5.74, 6) is 2.13. The normalized spacial score (nSPS) is 9.00. The van der Waals surface area contributed by atoms with E-state index in [9.17, 15) is 13.2 Å². The second kappa shape index (κ2) is 3.10. The molecule has 1 amide bonds. The molecule has 0 unspecified atom stereocenters. The molecular weight excluding hydrogens is 142 g/mol. The number of nitrogens with one attached hydrogen (secondary N) is 1. The summed E-state index contributed by atoms with van der Waals surface area (Å²) in [6.07, 6.45) is 0.0691. The average molecular weight is 147 g/mol. The summed E-state index contributed by atoms with van der Waals surface area (Å²) in [5.41, 5.74) is 0. The molecule has 0 saturated heterocycles. The third kappa shape index (κ3) is 3.55. The summed E-state index contributed by atoms with van der Waals surface area (Å²) in [7, 11) is -3.66. The molecule has 9 heavy (non-hydrogen) atoms. The lowest BCUT2D eigenvalue weighted by molar-refractivity contribution is -0.108. The molecule has 0 aliphatic rings. The van der Waals surface area contributed by atoms with Gasteiger partial charge in [0.05, 0.1) is 0 Å². The zero-order valence-corrected chi connectivity index (χ0v) is 5.53. The maximum Gasteiger partial charge on any atom is 0.303 e. The van der Waals surface area contributed by atoms with Crippen molar-refractivity contribution in [2.45, 2.75) is 6.92 Å². The highest BCUT2D eigenvalue weighted by Crippen LogP contribution is 1.73. The third-order valence-corrected chi connectivity index (χ3v) is 1.32. The summed E-state index contributed by atoms with van der Waals surface area (Å²) >= 11 is 0. The van der Waals surface area contributed by atoms with Gasteiger partial charge in [-0.3, -0.25) is 4.79 Å². The van der Waals surface area contributed by atoms with Crippen molar-refractivity contribution in [2.24, 2.45) is 0 Å². The van der Waals surface area contributed by atoms with Crippen LogP contribution in [0.3, 0.4) is 0 Å². The average Bonchev–Trinajstić information content (AvgIpc) is 1.64. The van der Waals surface area contributed by atoms with E-state index in [1.54, 1.807) is 9.97 Å². The molecule has 0 aliphatic heterocycles. The van der Waals surface area contributed by atoms with Crippen LogP contribution in [0.4, 0.5) is 0 Å². The largest absolute Gasteiger partial charge is 0.303 e. The van der Waals surface area contributed by atoms with Gasteiger partial charge in [-0.2, -0.15) is 8.42 Å². The highest BCUT2D eigenvalue weighted by Gasteiger charge is 1.98. The molecule has 0 heterocycles. The maximum absolute atomic E-state index is 10.3. The van der Waals surface area contributed by atoms with Crippen molar-refractivity contribution in [3.63, 3.8) is 0 Å². The lowest BCUT2D eigenvalue weighted by atomic mass is 10.9. The van der Waals surface area contributed by atoms with E-state index in [1.807, 2.05) is 0 Å². The van der Waals surface area contributed by atoms with E-state index < -0.39 is 10.0 Å². The van der Waals surface area contributed by atoms with Gasteiger partial charge in [0.25, 0.3) is 0 Å². The Bertz CT molecular complexity index is 243. The summed E-state index contributed by atoms with van der Waals surface area (Å²) in [6, 6.07) is 0. The molecule has 0 bridgehead atoms. The maximum atomic E-state index is 10.3. The van der Waals surface area contributed by atoms with Crippen LogP contribution in [-0.4, -0.2) is 14.8 Å². The molecule has 0 saturated carbocycles. The molecule has 4 nitrogen and oxygen atoms in total. The summed E-state index contributed by atoms with van der Waals surface area (Å²) in [5, 5.41) is 1.80. The van der Waals surface area contributed by atoms with Crippen molar-refractivity contribution in [2.75, 3.05) is 0 Å². The number of carbonyl (C=O) groups excluding carboxylic acids is 1. The van der Waals surface area contributed by atoms with Gasteiger partial charge in [0, 0.05) is 5.25 Å². The van der Waals surface area contributed by atoms with Crippen LogP contribution < -0.4 is 4.72 Å². The van der Waals surface area contributed by atoms with Crippen LogP contribution in [0.15, 0.2) is 0 Å². The third-order valence-electron chi connectivity index (χ3n) is 0.440. The summed E-state index contributed by atoms with van der Waals surface area (Å²) in [4.78, 5) is 9.54. The van der Waals surface area contributed by atoms with E-state index in [0.717, 1.165) is 0 Å². The Morgan fingerprint density at radius 3 is 2.44 bits per heavy atom. The Morgan fingerprint density at radius 2 is 2.11 bits per heavy atom. The summed E-state index contributed by atoms with van der Waals surface area (Å²) < 4.78 is 22.2. The molecule has 0 fully saturated rings. The van der Waals surface area contributed by atoms with Crippen LogP contribution in [0.2, 0.25) is 0 Å². The van der Waals surface area contributed by atoms with Crippen molar-refractivity contribution >= 4 is 16.4 Å². The fraction of sp³-hybridized carbons (Fsp3) is 0.250. The van der Waals surface area contributed by atoms with Gasteiger partial charge in [0.1, 0.15) is 0 Å². The van der Waals surface area contributed by atoms with Crippen molar-refractivity contribution in [3.05, 3.63) is 0 Å². The van der Waals surface area contributed by atoms with E-state index in [-0.39, 0.29) is 6.41 Å². The minimum Gasteiger partial charge on any atom is -0.278 e. The lowest BCUT2D eigenvalue weighted by Gasteiger charge is -1.86. The Kier molecular flexibility index (Phi) is 2.74. The number of hydrogen-bond donors (Lipinski definition) is 1. The first-order valence-corrected chi connectivity index (χ1v) is 3.50. The Labute approximate surface area is 53.3 Å². The van der Waals surface area contributed by atoms with Crippen LogP contribution in [0.25, 0.3) is 0 Å². The minimum absolute atomic E-state index is 0.0691. The highest BCUT2D eigenvalue weighted by atomic mass is 32.2. The molecule has 0 rings (SSSR count). The van der Waals surface area contributed by atoms with Gasteiger partial charge in [-0.05, 0) is 6.92 Å². The first-order valence-electron chi connectivity index (χ1n) is 2.02. The molecule has 0 atom stereocenters. The second-order valence-electron chi connectivity index (χ2n) is 1.09. The van der Waals surface area contributed by atoms with Crippen molar-refractivity contribution in [1.29, 1.82) is 0 Å². The topological polar surface area (TPSA) is 63.2 Å². The SMILES string of the molecule is CC#CS(=O)(=O)NC=O. The van der Waals surface area contributed by atoms with Crippen molar-refractivity contribution in [1.82, 2.24) is 4.72 Å². The number of carbonyl (C=O) groups is 1. The van der Waals surface area contributed by atoms with E-state index >= 15 is 0 Å². The van der Waals surface area contributed by atoms with Gasteiger partial charge >= 0.3 is 10.0 Å². The number of rotatable bonds is 2. The van der Waals surface area contributed by atoms with Crippen molar-refractivity contribution in [3.8, 4) is 11.2 Å². The predicted octanol–water partition coefficient (Wildman–Crippen LogP) is -0.957. The van der Waals surface area contributed by atoms with Gasteiger partial charge in [0.15, 0.2) is 0 Å². The standard InChI is InChI=1S/C4H5NO3S/c1-2-3-9(7,8)5-4-6/h4H,1H3,(H,5,6). The molecule has 0 spiro atoms.